The largest absolute Gasteiger partial charge is 0.481 e. The second-order valence-electron chi connectivity index (χ2n) is 5.59. The second kappa shape index (κ2) is 6.13. The van der Waals surface area contributed by atoms with Gasteiger partial charge in [-0.3, -0.25) is 9.69 Å². The molecule has 7 heteroatoms. The summed E-state index contributed by atoms with van der Waals surface area (Å²) in [5.74, 6) is -0.560. The molecule has 0 saturated carbocycles. The number of sulfonamides is 1. The van der Waals surface area contributed by atoms with Crippen molar-refractivity contribution in [3.05, 3.63) is 29.8 Å². The van der Waals surface area contributed by atoms with Crippen LogP contribution in [0.5, 0.6) is 0 Å². The van der Waals surface area contributed by atoms with Crippen LogP contribution in [0.15, 0.2) is 29.2 Å². The van der Waals surface area contributed by atoms with Gasteiger partial charge >= 0.3 is 5.97 Å². The highest BCUT2D eigenvalue weighted by Crippen LogP contribution is 2.23. The molecule has 0 amide bonds. The molecule has 1 saturated heterocycles. The molecule has 1 fully saturated rings. The van der Waals surface area contributed by atoms with Gasteiger partial charge in [0.1, 0.15) is 0 Å². The van der Waals surface area contributed by atoms with Gasteiger partial charge in [0.25, 0.3) is 0 Å². The number of benzene rings is 1. The summed E-state index contributed by atoms with van der Waals surface area (Å²) < 4.78 is 25.3. The van der Waals surface area contributed by atoms with Gasteiger partial charge in [-0.2, -0.15) is 0 Å². The van der Waals surface area contributed by atoms with E-state index in [0.717, 1.165) is 18.7 Å². The number of carboxylic acid groups (broad SMARTS) is 1. The van der Waals surface area contributed by atoms with Crippen LogP contribution in [0.2, 0.25) is 0 Å². The standard InChI is InChI=1S/C14H20N2O4S/c1-15(2)21(19,20)13-5-3-4-11(6-13)8-16-9-12(10-16)7-14(17)18/h3-6,12H,7-10H2,1-2H3,(H,17,18). The van der Waals surface area contributed by atoms with Gasteiger partial charge in [-0.25, -0.2) is 12.7 Å². The molecule has 1 heterocycles. The topological polar surface area (TPSA) is 77.9 Å². The van der Waals surface area contributed by atoms with Crippen LogP contribution in [0.3, 0.4) is 0 Å². The molecule has 0 aromatic heterocycles. The van der Waals surface area contributed by atoms with Crippen molar-refractivity contribution >= 4 is 16.0 Å². The van der Waals surface area contributed by atoms with Gasteiger partial charge in [-0.05, 0) is 23.6 Å². The number of nitrogens with zero attached hydrogens (tertiary/aromatic N) is 2. The number of aliphatic carboxylic acids is 1. The van der Waals surface area contributed by atoms with Gasteiger partial charge < -0.3 is 5.11 Å². The highest BCUT2D eigenvalue weighted by Gasteiger charge is 2.28. The molecule has 0 radical (unpaired) electrons. The third-order valence-electron chi connectivity index (χ3n) is 3.58. The zero-order chi connectivity index (χ0) is 15.6. The van der Waals surface area contributed by atoms with E-state index < -0.39 is 16.0 Å². The Morgan fingerprint density at radius 2 is 2.05 bits per heavy atom. The van der Waals surface area contributed by atoms with E-state index in [0.29, 0.717) is 6.54 Å². The summed E-state index contributed by atoms with van der Waals surface area (Å²) >= 11 is 0. The zero-order valence-electron chi connectivity index (χ0n) is 12.2. The Morgan fingerprint density at radius 3 is 2.62 bits per heavy atom. The minimum absolute atomic E-state index is 0.200. The Balaban J connectivity index is 1.99. The van der Waals surface area contributed by atoms with Crippen molar-refractivity contribution in [2.24, 2.45) is 5.92 Å². The lowest BCUT2D eigenvalue weighted by Gasteiger charge is -2.38. The minimum Gasteiger partial charge on any atom is -0.481 e. The number of rotatable bonds is 6. The van der Waals surface area contributed by atoms with Crippen LogP contribution in [0.4, 0.5) is 0 Å². The third-order valence-corrected chi connectivity index (χ3v) is 5.39. The van der Waals surface area contributed by atoms with Gasteiger partial charge in [0.15, 0.2) is 0 Å². The lowest BCUT2D eigenvalue weighted by molar-refractivity contribution is -0.139. The van der Waals surface area contributed by atoms with Gasteiger partial charge in [-0.15, -0.1) is 0 Å². The van der Waals surface area contributed by atoms with Crippen molar-refractivity contribution in [1.29, 1.82) is 0 Å². The van der Waals surface area contributed by atoms with Crippen LogP contribution < -0.4 is 0 Å². The molecule has 1 aromatic rings. The number of hydrogen-bond donors (Lipinski definition) is 1. The Morgan fingerprint density at radius 1 is 1.38 bits per heavy atom. The van der Waals surface area contributed by atoms with Crippen LogP contribution in [-0.4, -0.2) is 55.9 Å². The molecule has 2 rings (SSSR count). The summed E-state index contributed by atoms with van der Waals surface area (Å²) in [6.07, 6.45) is 0.200. The van der Waals surface area contributed by atoms with Gasteiger partial charge in [0.2, 0.25) is 10.0 Å². The molecule has 0 unspecified atom stereocenters. The Bertz CT molecular complexity index is 622. The number of hydrogen-bond acceptors (Lipinski definition) is 4. The zero-order valence-corrected chi connectivity index (χ0v) is 13.0. The average Bonchev–Trinajstić information content (AvgIpc) is 2.36. The highest BCUT2D eigenvalue weighted by atomic mass is 32.2. The minimum atomic E-state index is -3.41. The van der Waals surface area contributed by atoms with Crippen LogP contribution in [0, 0.1) is 5.92 Å². The highest BCUT2D eigenvalue weighted by molar-refractivity contribution is 7.89. The van der Waals surface area contributed by atoms with Crippen LogP contribution in [0.1, 0.15) is 12.0 Å². The van der Waals surface area contributed by atoms with Gasteiger partial charge in [0.05, 0.1) is 11.3 Å². The fraction of sp³-hybridized carbons (Fsp3) is 0.500. The first kappa shape index (κ1) is 15.9. The summed E-state index contributed by atoms with van der Waals surface area (Å²) in [6, 6.07) is 6.89. The number of carboxylic acids is 1. The average molecular weight is 312 g/mol. The SMILES string of the molecule is CN(C)S(=O)(=O)c1cccc(CN2CC(CC(=O)O)C2)c1. The smallest absolute Gasteiger partial charge is 0.303 e. The molecule has 0 bridgehead atoms. The first-order valence-corrected chi connectivity index (χ1v) is 8.18. The van der Waals surface area contributed by atoms with E-state index in [1.807, 2.05) is 6.07 Å². The Labute approximate surface area is 125 Å². The van der Waals surface area contributed by atoms with E-state index in [2.05, 4.69) is 4.90 Å². The van der Waals surface area contributed by atoms with Crippen LogP contribution in [-0.2, 0) is 21.4 Å². The van der Waals surface area contributed by atoms with E-state index in [4.69, 9.17) is 5.11 Å². The lowest BCUT2D eigenvalue weighted by Crippen LogP contribution is -2.46. The number of likely N-dealkylation sites (tertiary alicyclic amines) is 1. The predicted octanol–water partition coefficient (Wildman–Crippen LogP) is 0.843. The van der Waals surface area contributed by atoms with E-state index in [9.17, 15) is 13.2 Å². The molecular formula is C14H20N2O4S. The van der Waals surface area contributed by atoms with Crippen molar-refractivity contribution in [1.82, 2.24) is 9.21 Å². The fourth-order valence-corrected chi connectivity index (χ4v) is 3.43. The fourth-order valence-electron chi connectivity index (χ4n) is 2.46. The molecule has 116 valence electrons. The van der Waals surface area contributed by atoms with E-state index in [1.54, 1.807) is 18.2 Å². The van der Waals surface area contributed by atoms with Gasteiger partial charge in [-0.1, -0.05) is 12.1 Å². The maximum Gasteiger partial charge on any atom is 0.303 e. The molecule has 1 N–H and O–H groups in total. The summed E-state index contributed by atoms with van der Waals surface area (Å²) in [5, 5.41) is 8.71. The van der Waals surface area contributed by atoms with Crippen LogP contribution in [0.25, 0.3) is 0 Å². The summed E-state index contributed by atoms with van der Waals surface area (Å²) in [6.45, 7) is 2.14. The number of carbonyl (C=O) groups is 1. The predicted molar refractivity (Wildman–Crippen MR) is 78.3 cm³/mol. The summed E-state index contributed by atoms with van der Waals surface area (Å²) in [5.41, 5.74) is 0.923. The normalized spacial score (nSPS) is 16.9. The molecule has 1 aliphatic rings. The van der Waals surface area contributed by atoms with E-state index in [1.165, 1.54) is 18.4 Å². The van der Waals surface area contributed by atoms with Gasteiger partial charge in [0, 0.05) is 33.7 Å². The maximum atomic E-state index is 12.1. The Hall–Kier alpha value is -1.44. The summed E-state index contributed by atoms with van der Waals surface area (Å²) in [7, 11) is -0.398. The molecule has 0 atom stereocenters. The van der Waals surface area contributed by atoms with E-state index >= 15 is 0 Å². The van der Waals surface area contributed by atoms with Crippen molar-refractivity contribution in [3.63, 3.8) is 0 Å². The quantitative estimate of drug-likeness (QED) is 0.842. The monoisotopic (exact) mass is 312 g/mol. The van der Waals surface area contributed by atoms with Crippen molar-refractivity contribution < 1.29 is 18.3 Å². The summed E-state index contributed by atoms with van der Waals surface area (Å²) in [4.78, 5) is 13.0. The van der Waals surface area contributed by atoms with Crippen LogP contribution >= 0.6 is 0 Å². The first-order chi connectivity index (χ1) is 9.79. The Kier molecular flexibility index (Phi) is 4.65. The molecule has 0 aliphatic carbocycles. The lowest BCUT2D eigenvalue weighted by atomic mass is 9.96. The first-order valence-electron chi connectivity index (χ1n) is 6.74. The molecule has 1 aliphatic heterocycles. The van der Waals surface area contributed by atoms with Crippen molar-refractivity contribution in [2.45, 2.75) is 17.9 Å². The molecule has 21 heavy (non-hydrogen) atoms. The molecule has 0 spiro atoms. The van der Waals surface area contributed by atoms with Crippen molar-refractivity contribution in [2.75, 3.05) is 27.2 Å². The van der Waals surface area contributed by atoms with Crippen molar-refractivity contribution in [3.8, 4) is 0 Å². The maximum absolute atomic E-state index is 12.1. The second-order valence-corrected chi connectivity index (χ2v) is 7.74. The molecule has 6 nitrogen and oxygen atoms in total. The third kappa shape index (κ3) is 3.81. The molecule has 1 aromatic carbocycles. The molecular weight excluding hydrogens is 292 g/mol. The van der Waals surface area contributed by atoms with E-state index in [-0.39, 0.29) is 17.2 Å².